The van der Waals surface area contributed by atoms with E-state index in [0.29, 0.717) is 0 Å². The molecule has 0 aromatic carbocycles. The predicted octanol–water partition coefficient (Wildman–Crippen LogP) is 2.45. The molecule has 0 aromatic rings. The molecule has 0 atom stereocenters. The molecule has 0 spiro atoms. The molecule has 1 N–H and O–H groups in total. The molecule has 2 nitrogen and oxygen atoms in total. The molecule has 0 aliphatic carbocycles. The van der Waals surface area contributed by atoms with Crippen LogP contribution in [0.25, 0.3) is 0 Å². The van der Waals surface area contributed by atoms with Gasteiger partial charge in [-0.3, -0.25) is 0 Å². The van der Waals surface area contributed by atoms with Crippen molar-refractivity contribution in [1.29, 1.82) is 0 Å². The first kappa shape index (κ1) is 9.17. The summed E-state index contributed by atoms with van der Waals surface area (Å²) in [5.74, 6) is 0.241. The average Bonchev–Trinajstić information content (AvgIpc) is 2.04. The number of hydrogen-bond acceptors (Lipinski definition) is 2. The highest BCUT2D eigenvalue weighted by Gasteiger charge is 2.16. The summed E-state index contributed by atoms with van der Waals surface area (Å²) in [4.78, 5) is 2.28. The van der Waals surface area contributed by atoms with Crippen molar-refractivity contribution in [2.45, 2.75) is 26.7 Å². The maximum atomic E-state index is 9.28. The van der Waals surface area contributed by atoms with Gasteiger partial charge in [0.05, 0.1) is 0 Å². The van der Waals surface area contributed by atoms with Crippen molar-refractivity contribution in [2.75, 3.05) is 13.1 Å². The van der Waals surface area contributed by atoms with E-state index < -0.39 is 0 Å². The summed E-state index contributed by atoms with van der Waals surface area (Å²) in [7, 11) is 0. The molecule has 0 amide bonds. The van der Waals surface area contributed by atoms with Crippen LogP contribution in [0.5, 0.6) is 0 Å². The van der Waals surface area contributed by atoms with Gasteiger partial charge < -0.3 is 10.0 Å². The van der Waals surface area contributed by atoms with Gasteiger partial charge in [-0.25, -0.2) is 0 Å². The standard InChI is InChI=1S/C10H17NO/c1-4-11-7-5-6-10(8(11)2)9(3)12/h12H,3-7H2,1-2H3. The van der Waals surface area contributed by atoms with Crippen molar-refractivity contribution < 1.29 is 5.11 Å². The van der Waals surface area contributed by atoms with Gasteiger partial charge in [-0.05, 0) is 26.7 Å². The summed E-state index contributed by atoms with van der Waals surface area (Å²) in [5, 5.41) is 9.28. The minimum atomic E-state index is 0.241. The maximum Gasteiger partial charge on any atom is 0.113 e. The number of hydrogen-bond donors (Lipinski definition) is 1. The van der Waals surface area contributed by atoms with Crippen LogP contribution in [0.2, 0.25) is 0 Å². The first-order valence-electron chi connectivity index (χ1n) is 4.49. The van der Waals surface area contributed by atoms with Crippen LogP contribution in [0, 0.1) is 0 Å². The Hall–Kier alpha value is -0.920. The van der Waals surface area contributed by atoms with E-state index in [1.807, 2.05) is 0 Å². The van der Waals surface area contributed by atoms with Crippen LogP contribution in [0.15, 0.2) is 23.6 Å². The third-order valence-corrected chi connectivity index (χ3v) is 2.50. The first-order valence-corrected chi connectivity index (χ1v) is 4.49. The Morgan fingerprint density at radius 2 is 2.33 bits per heavy atom. The van der Waals surface area contributed by atoms with E-state index in [1.165, 1.54) is 5.70 Å². The first-order chi connectivity index (χ1) is 5.66. The van der Waals surface area contributed by atoms with Gasteiger partial charge in [0.25, 0.3) is 0 Å². The molecule has 1 heterocycles. The second kappa shape index (κ2) is 3.65. The molecule has 1 rings (SSSR count). The highest BCUT2D eigenvalue weighted by atomic mass is 16.3. The second-order valence-corrected chi connectivity index (χ2v) is 3.19. The van der Waals surface area contributed by atoms with Gasteiger partial charge in [0, 0.05) is 24.4 Å². The molecule has 0 saturated heterocycles. The zero-order valence-corrected chi connectivity index (χ0v) is 7.93. The minimum Gasteiger partial charge on any atom is -0.508 e. The summed E-state index contributed by atoms with van der Waals surface area (Å²) >= 11 is 0. The highest BCUT2D eigenvalue weighted by molar-refractivity contribution is 5.28. The fourth-order valence-corrected chi connectivity index (χ4v) is 1.73. The Kier molecular flexibility index (Phi) is 2.79. The van der Waals surface area contributed by atoms with Crippen LogP contribution in [0.4, 0.5) is 0 Å². The van der Waals surface area contributed by atoms with Crippen LogP contribution in [-0.2, 0) is 0 Å². The Morgan fingerprint density at radius 1 is 1.67 bits per heavy atom. The molecule has 0 aromatic heterocycles. The highest BCUT2D eigenvalue weighted by Crippen LogP contribution is 2.24. The predicted molar refractivity (Wildman–Crippen MR) is 50.9 cm³/mol. The van der Waals surface area contributed by atoms with E-state index in [9.17, 15) is 5.11 Å². The zero-order valence-electron chi connectivity index (χ0n) is 7.93. The zero-order chi connectivity index (χ0) is 9.14. The normalized spacial score (nSPS) is 18.3. The molecule has 0 fully saturated rings. The number of aliphatic hydroxyl groups is 1. The molecule has 1 aliphatic heterocycles. The van der Waals surface area contributed by atoms with Crippen LogP contribution in [0.3, 0.4) is 0 Å². The van der Waals surface area contributed by atoms with E-state index >= 15 is 0 Å². The van der Waals surface area contributed by atoms with Gasteiger partial charge in [0.15, 0.2) is 0 Å². The average molecular weight is 167 g/mol. The lowest BCUT2D eigenvalue weighted by Crippen LogP contribution is -2.27. The fourth-order valence-electron chi connectivity index (χ4n) is 1.73. The molecule has 0 unspecified atom stereocenters. The van der Waals surface area contributed by atoms with Crippen molar-refractivity contribution >= 4 is 0 Å². The van der Waals surface area contributed by atoms with Gasteiger partial charge >= 0.3 is 0 Å². The molecule has 68 valence electrons. The third-order valence-electron chi connectivity index (χ3n) is 2.50. The van der Waals surface area contributed by atoms with Gasteiger partial charge in [-0.2, -0.15) is 0 Å². The summed E-state index contributed by atoms with van der Waals surface area (Å²) in [6.07, 6.45) is 2.09. The van der Waals surface area contributed by atoms with E-state index in [1.54, 1.807) is 0 Å². The summed E-state index contributed by atoms with van der Waals surface area (Å²) in [6.45, 7) is 9.88. The van der Waals surface area contributed by atoms with Crippen LogP contribution >= 0.6 is 0 Å². The minimum absolute atomic E-state index is 0.241. The third kappa shape index (κ3) is 1.63. The lowest BCUT2D eigenvalue weighted by Gasteiger charge is -2.30. The fraction of sp³-hybridized carbons (Fsp3) is 0.600. The Morgan fingerprint density at radius 3 is 2.83 bits per heavy atom. The largest absolute Gasteiger partial charge is 0.508 e. The van der Waals surface area contributed by atoms with Crippen molar-refractivity contribution in [1.82, 2.24) is 4.90 Å². The second-order valence-electron chi connectivity index (χ2n) is 3.19. The molecule has 0 bridgehead atoms. The van der Waals surface area contributed by atoms with Crippen molar-refractivity contribution in [2.24, 2.45) is 0 Å². The molecule has 0 radical (unpaired) electrons. The van der Waals surface area contributed by atoms with Crippen LogP contribution in [-0.4, -0.2) is 23.1 Å². The van der Waals surface area contributed by atoms with E-state index in [-0.39, 0.29) is 5.76 Å². The SMILES string of the molecule is C=C(O)C1=C(C)N(CC)CCC1. The van der Waals surface area contributed by atoms with Crippen molar-refractivity contribution in [3.05, 3.63) is 23.6 Å². The van der Waals surface area contributed by atoms with E-state index in [0.717, 1.165) is 31.5 Å². The van der Waals surface area contributed by atoms with Gasteiger partial charge in [0.2, 0.25) is 0 Å². The molecular weight excluding hydrogens is 150 g/mol. The Bertz CT molecular complexity index is 218. The van der Waals surface area contributed by atoms with Gasteiger partial charge in [-0.1, -0.05) is 6.58 Å². The Balaban J connectivity index is 2.87. The number of allylic oxidation sites excluding steroid dienone is 2. The van der Waals surface area contributed by atoms with Crippen molar-refractivity contribution in [3.8, 4) is 0 Å². The molecular formula is C10H17NO. The van der Waals surface area contributed by atoms with Crippen LogP contribution in [0.1, 0.15) is 26.7 Å². The van der Waals surface area contributed by atoms with E-state index in [2.05, 4.69) is 25.3 Å². The summed E-state index contributed by atoms with van der Waals surface area (Å²) in [6, 6.07) is 0. The quantitative estimate of drug-likeness (QED) is 0.638. The monoisotopic (exact) mass is 167 g/mol. The maximum absolute atomic E-state index is 9.28. The van der Waals surface area contributed by atoms with Crippen molar-refractivity contribution in [3.63, 3.8) is 0 Å². The Labute approximate surface area is 74.2 Å². The van der Waals surface area contributed by atoms with Gasteiger partial charge in [0.1, 0.15) is 5.76 Å². The molecule has 0 saturated carbocycles. The lowest BCUT2D eigenvalue weighted by molar-refractivity contribution is 0.319. The molecule has 1 aliphatic rings. The van der Waals surface area contributed by atoms with E-state index in [4.69, 9.17) is 0 Å². The molecule has 2 heteroatoms. The number of aliphatic hydroxyl groups excluding tert-OH is 1. The number of rotatable bonds is 2. The summed E-state index contributed by atoms with van der Waals surface area (Å²) in [5.41, 5.74) is 2.22. The van der Waals surface area contributed by atoms with Gasteiger partial charge in [-0.15, -0.1) is 0 Å². The molecule has 12 heavy (non-hydrogen) atoms. The topological polar surface area (TPSA) is 23.5 Å². The summed E-state index contributed by atoms with van der Waals surface area (Å²) < 4.78 is 0. The van der Waals surface area contributed by atoms with Crippen LogP contribution < -0.4 is 0 Å². The smallest absolute Gasteiger partial charge is 0.113 e. The number of nitrogens with zero attached hydrogens (tertiary/aromatic N) is 1. The lowest BCUT2D eigenvalue weighted by atomic mass is 10.0.